The largest absolute Gasteiger partial charge is 0.456 e. The summed E-state index contributed by atoms with van der Waals surface area (Å²) in [5, 5.41) is 7.10. The zero-order chi connectivity index (χ0) is 39.3. The minimum Gasteiger partial charge on any atom is -0.456 e. The molecular formula is C58H35NO. The normalized spacial score (nSPS) is 17.6. The molecule has 2 unspecified atom stereocenters. The number of rotatable bonds is 2. The maximum atomic E-state index is 6.24. The van der Waals surface area contributed by atoms with Gasteiger partial charge in [0.15, 0.2) is 0 Å². The van der Waals surface area contributed by atoms with Crippen molar-refractivity contribution >= 4 is 38.3 Å². The van der Waals surface area contributed by atoms with Gasteiger partial charge in [-0.2, -0.15) is 0 Å². The molecular weight excluding hydrogens is 727 g/mol. The lowest BCUT2D eigenvalue weighted by Gasteiger charge is -2.31. The lowest BCUT2D eigenvalue weighted by molar-refractivity contribution is 0.669. The van der Waals surface area contributed by atoms with E-state index in [0.29, 0.717) is 6.42 Å². The molecule has 278 valence electrons. The van der Waals surface area contributed by atoms with E-state index >= 15 is 0 Å². The minimum atomic E-state index is -0.504. The lowest BCUT2D eigenvalue weighted by Crippen LogP contribution is -2.27. The topological polar surface area (TPSA) is 25.5 Å². The third-order valence-corrected chi connectivity index (χ3v) is 14.1. The van der Waals surface area contributed by atoms with Gasteiger partial charge in [-0.1, -0.05) is 158 Å². The highest BCUT2D eigenvalue weighted by Gasteiger charge is 2.53. The van der Waals surface area contributed by atoms with Crippen molar-refractivity contribution in [3.63, 3.8) is 0 Å². The van der Waals surface area contributed by atoms with Gasteiger partial charge in [0.25, 0.3) is 0 Å². The van der Waals surface area contributed by atoms with Crippen molar-refractivity contribution in [3.8, 4) is 44.5 Å². The van der Waals surface area contributed by atoms with Crippen LogP contribution < -0.4 is 10.6 Å². The highest BCUT2D eigenvalue weighted by molar-refractivity contribution is 6.21. The van der Waals surface area contributed by atoms with Crippen LogP contribution in [0.4, 0.5) is 0 Å². The molecule has 0 bridgehead atoms. The molecule has 4 aliphatic rings. The molecule has 0 fully saturated rings. The van der Waals surface area contributed by atoms with Crippen LogP contribution in [-0.2, 0) is 5.41 Å². The van der Waals surface area contributed by atoms with E-state index in [0.717, 1.165) is 38.1 Å². The Labute approximate surface area is 346 Å². The van der Waals surface area contributed by atoms with E-state index in [4.69, 9.17) is 16.0 Å². The van der Waals surface area contributed by atoms with Crippen LogP contribution in [0, 0.1) is 0 Å². The van der Waals surface area contributed by atoms with Gasteiger partial charge in [0, 0.05) is 16.0 Å². The van der Waals surface area contributed by atoms with Crippen molar-refractivity contribution in [2.24, 2.45) is 4.99 Å². The van der Waals surface area contributed by atoms with E-state index in [1.807, 2.05) is 12.1 Å². The first-order valence-electron chi connectivity index (χ1n) is 21.0. The van der Waals surface area contributed by atoms with Gasteiger partial charge in [-0.3, -0.25) is 4.99 Å². The maximum absolute atomic E-state index is 6.24. The standard InChI is InChI=1S/C58H35NO/c1-33-29-45(34-26-28-54-46(30-34)41-17-7-11-24-53(41)60-54)40-16-6-10-23-52(40)59-57(33)35-25-27-39-38-15-4-8-21-48(38)58(50(39)31-35)49-22-9-5-18-43(49)56-44-20-12-19-42-36-13-2-3-14-37(36)47(55(42)44)32-51(56)58/h2-28,30-32,57H,1,29H2. The van der Waals surface area contributed by atoms with Crippen molar-refractivity contribution in [2.45, 2.75) is 17.9 Å². The monoisotopic (exact) mass is 761 g/mol. The van der Waals surface area contributed by atoms with Gasteiger partial charge in [-0.25, -0.2) is 0 Å². The molecule has 60 heavy (non-hydrogen) atoms. The molecule has 9 aromatic carbocycles. The van der Waals surface area contributed by atoms with E-state index in [-0.39, 0.29) is 6.04 Å². The van der Waals surface area contributed by atoms with Crippen LogP contribution in [0.3, 0.4) is 0 Å². The maximum Gasteiger partial charge on any atom is 0.135 e. The van der Waals surface area contributed by atoms with E-state index in [9.17, 15) is 0 Å². The molecule has 1 aliphatic heterocycles. The Balaban J connectivity index is 1.00. The van der Waals surface area contributed by atoms with E-state index in [1.54, 1.807) is 0 Å². The molecule has 0 amide bonds. The van der Waals surface area contributed by atoms with Gasteiger partial charge < -0.3 is 4.42 Å². The molecule has 2 nitrogen and oxygen atoms in total. The second kappa shape index (κ2) is 11.6. The second-order valence-corrected chi connectivity index (χ2v) is 16.9. The molecule has 2 atom stereocenters. The number of fused-ring (bicyclic) bond motifs is 18. The number of nitrogens with zero attached hydrogens (tertiary/aromatic N) is 1. The molecule has 2 heterocycles. The van der Waals surface area contributed by atoms with E-state index < -0.39 is 5.41 Å². The van der Waals surface area contributed by atoms with Crippen LogP contribution >= 0.6 is 0 Å². The fourth-order valence-corrected chi connectivity index (χ4v) is 11.7. The predicted octanol–water partition coefficient (Wildman–Crippen LogP) is 13.2. The third-order valence-electron chi connectivity index (χ3n) is 14.1. The molecule has 0 saturated carbocycles. The lowest BCUT2D eigenvalue weighted by atomic mass is 9.69. The first-order chi connectivity index (χ1) is 29.7. The fourth-order valence-electron chi connectivity index (χ4n) is 11.7. The highest BCUT2D eigenvalue weighted by atomic mass is 16.3. The van der Waals surface area contributed by atoms with Crippen LogP contribution in [0.5, 0.6) is 0 Å². The smallest absolute Gasteiger partial charge is 0.135 e. The Bertz CT molecular complexity index is 3730. The molecule has 0 radical (unpaired) electrons. The highest BCUT2D eigenvalue weighted by Crippen LogP contribution is 2.66. The second-order valence-electron chi connectivity index (χ2n) is 16.9. The Hall–Kier alpha value is -7.55. The third kappa shape index (κ3) is 4.01. The fraction of sp³-hybridized carbons (Fsp3) is 0.0517. The first-order valence-corrected chi connectivity index (χ1v) is 21.0. The van der Waals surface area contributed by atoms with Crippen LogP contribution in [0.2, 0.25) is 0 Å². The Kier molecular flexibility index (Phi) is 6.24. The van der Waals surface area contributed by atoms with E-state index in [2.05, 4.69) is 170 Å². The summed E-state index contributed by atoms with van der Waals surface area (Å²) >= 11 is 0. The Morgan fingerprint density at radius 1 is 0.483 bits per heavy atom. The van der Waals surface area contributed by atoms with E-state index in [1.165, 1.54) is 94.2 Å². The van der Waals surface area contributed by atoms with Crippen LogP contribution in [0.25, 0.3) is 82.8 Å². The summed E-state index contributed by atoms with van der Waals surface area (Å²) in [6.45, 7) is 4.84. The summed E-state index contributed by atoms with van der Waals surface area (Å²) < 4.78 is 6.24. The number of benzene rings is 9. The summed E-state index contributed by atoms with van der Waals surface area (Å²) in [6, 6.07) is 67.2. The van der Waals surface area contributed by atoms with Crippen molar-refractivity contribution < 1.29 is 4.42 Å². The number of furan rings is 1. The summed E-state index contributed by atoms with van der Waals surface area (Å²) in [4.78, 5) is 5.61. The summed E-state index contributed by atoms with van der Waals surface area (Å²) in [7, 11) is 0. The van der Waals surface area contributed by atoms with Crippen molar-refractivity contribution in [3.05, 3.63) is 238 Å². The van der Waals surface area contributed by atoms with Crippen LogP contribution in [0.1, 0.15) is 45.8 Å². The molecule has 3 aliphatic carbocycles. The summed E-state index contributed by atoms with van der Waals surface area (Å²) in [5.74, 6) is 0. The first kappa shape index (κ1) is 32.4. The predicted molar refractivity (Wildman–Crippen MR) is 245 cm³/mol. The molecule has 2 heteroatoms. The summed E-state index contributed by atoms with van der Waals surface area (Å²) in [6.07, 6.45) is 0.706. The average molecular weight is 762 g/mol. The van der Waals surface area contributed by atoms with Crippen molar-refractivity contribution in [2.75, 3.05) is 0 Å². The zero-order valence-corrected chi connectivity index (χ0v) is 32.7. The molecule has 1 aromatic heterocycles. The molecule has 0 saturated heterocycles. The average Bonchev–Trinajstić information content (AvgIpc) is 3.99. The van der Waals surface area contributed by atoms with Gasteiger partial charge in [-0.05, 0) is 137 Å². The Morgan fingerprint density at radius 3 is 2.03 bits per heavy atom. The zero-order valence-electron chi connectivity index (χ0n) is 32.7. The van der Waals surface area contributed by atoms with Crippen LogP contribution in [0.15, 0.2) is 204 Å². The molecule has 0 N–H and O–H groups in total. The Morgan fingerprint density at radius 2 is 1.15 bits per heavy atom. The number of hydrogen-bond acceptors (Lipinski definition) is 2. The SMILES string of the molecule is C=C1CC(c2ccc3oc4ccccc4c3c2)=c2ccccc2=NC1c1ccc2c(c1)C1(c3ccccc3-2)c2ccccc2-c2c1cc1c3c(cccc23)-c2ccccc2-1. The van der Waals surface area contributed by atoms with Gasteiger partial charge in [0.05, 0.1) is 16.8 Å². The van der Waals surface area contributed by atoms with Crippen molar-refractivity contribution in [1.29, 1.82) is 0 Å². The van der Waals surface area contributed by atoms with Gasteiger partial charge >= 0.3 is 0 Å². The number of para-hydroxylation sites is 2. The van der Waals surface area contributed by atoms with Crippen LogP contribution in [-0.4, -0.2) is 0 Å². The molecule has 10 aromatic rings. The minimum absolute atomic E-state index is 0.229. The number of hydrogen-bond donors (Lipinski definition) is 0. The summed E-state index contributed by atoms with van der Waals surface area (Å²) in [5.41, 5.74) is 21.9. The van der Waals surface area contributed by atoms with Gasteiger partial charge in [0.2, 0.25) is 0 Å². The van der Waals surface area contributed by atoms with Gasteiger partial charge in [0.1, 0.15) is 11.2 Å². The van der Waals surface area contributed by atoms with Crippen molar-refractivity contribution in [1.82, 2.24) is 0 Å². The molecule has 14 rings (SSSR count). The molecule has 1 spiro atoms. The van der Waals surface area contributed by atoms with Gasteiger partial charge in [-0.15, -0.1) is 0 Å². The quantitative estimate of drug-likeness (QED) is 0.161.